The van der Waals surface area contributed by atoms with E-state index >= 15 is 0 Å². The molecule has 0 fully saturated rings. The predicted molar refractivity (Wildman–Crippen MR) is 120 cm³/mol. The number of pyridine rings is 1. The monoisotopic (exact) mass is 389 g/mol. The summed E-state index contributed by atoms with van der Waals surface area (Å²) < 4.78 is 1.66. The van der Waals surface area contributed by atoms with Crippen molar-refractivity contribution in [2.45, 2.75) is 0 Å². The minimum atomic E-state index is -0.213. The van der Waals surface area contributed by atoms with Gasteiger partial charge >= 0.3 is 0 Å². The molecule has 2 heterocycles. The summed E-state index contributed by atoms with van der Waals surface area (Å²) >= 11 is 0. The lowest BCUT2D eigenvalue weighted by Gasteiger charge is -2.11. The van der Waals surface area contributed by atoms with Gasteiger partial charge in [0.2, 0.25) is 0 Å². The summed E-state index contributed by atoms with van der Waals surface area (Å²) in [6.07, 6.45) is 0. The number of fused-ring (bicyclic) bond motifs is 4. The fourth-order valence-electron chi connectivity index (χ4n) is 4.18. The zero-order valence-corrected chi connectivity index (χ0v) is 15.8. The average Bonchev–Trinajstić information content (AvgIpc) is 3.18. The fraction of sp³-hybridized carbons (Fsp3) is 0. The van der Waals surface area contributed by atoms with Crippen molar-refractivity contribution in [2.75, 3.05) is 5.32 Å². The Hall–Kier alpha value is -4.25. The predicted octanol–water partition coefficient (Wildman–Crippen LogP) is 4.84. The molecule has 6 rings (SSSR count). The van der Waals surface area contributed by atoms with Crippen LogP contribution in [0.25, 0.3) is 38.2 Å². The van der Waals surface area contributed by atoms with Crippen molar-refractivity contribution in [1.82, 2.24) is 9.38 Å². The van der Waals surface area contributed by atoms with E-state index in [9.17, 15) is 9.59 Å². The van der Waals surface area contributed by atoms with Gasteiger partial charge in [-0.2, -0.15) is 0 Å². The quantitative estimate of drug-likeness (QED) is 0.461. The SMILES string of the molecule is O=C(Nc1cc2cccc3c2c(c1)c(=O)n1c2ccccc2nc31)c1ccccc1. The van der Waals surface area contributed by atoms with Crippen molar-refractivity contribution >= 4 is 49.8 Å². The van der Waals surface area contributed by atoms with Gasteiger partial charge in [-0.15, -0.1) is 0 Å². The van der Waals surface area contributed by atoms with Crippen LogP contribution in [0.4, 0.5) is 5.69 Å². The number of aromatic nitrogens is 2. The van der Waals surface area contributed by atoms with Gasteiger partial charge < -0.3 is 5.32 Å². The van der Waals surface area contributed by atoms with E-state index in [1.807, 2.05) is 66.7 Å². The summed E-state index contributed by atoms with van der Waals surface area (Å²) in [6.45, 7) is 0. The number of hydrogen-bond acceptors (Lipinski definition) is 3. The molecule has 2 aromatic heterocycles. The van der Waals surface area contributed by atoms with E-state index in [-0.39, 0.29) is 11.5 Å². The number of anilines is 1. The Balaban J connectivity index is 1.65. The summed E-state index contributed by atoms with van der Waals surface area (Å²) in [5.41, 5.74) is 3.22. The number of amides is 1. The zero-order valence-electron chi connectivity index (χ0n) is 15.8. The van der Waals surface area contributed by atoms with E-state index in [1.54, 1.807) is 22.6 Å². The van der Waals surface area contributed by atoms with Gasteiger partial charge in [0, 0.05) is 22.0 Å². The lowest BCUT2D eigenvalue weighted by atomic mass is 10.0. The van der Waals surface area contributed by atoms with E-state index in [0.717, 1.165) is 27.2 Å². The van der Waals surface area contributed by atoms with Crippen molar-refractivity contribution in [3.05, 3.63) is 101 Å². The van der Waals surface area contributed by atoms with Crippen LogP contribution in [0.1, 0.15) is 10.4 Å². The maximum Gasteiger partial charge on any atom is 0.264 e. The summed E-state index contributed by atoms with van der Waals surface area (Å²) in [6, 6.07) is 26.2. The van der Waals surface area contributed by atoms with E-state index in [0.29, 0.717) is 22.3 Å². The number of para-hydroxylation sites is 2. The first-order chi connectivity index (χ1) is 14.7. The van der Waals surface area contributed by atoms with Crippen LogP contribution in [0, 0.1) is 0 Å². The molecule has 6 aromatic rings. The molecule has 0 aliphatic heterocycles. The molecule has 30 heavy (non-hydrogen) atoms. The molecule has 0 radical (unpaired) electrons. The standard InChI is InChI=1S/C25H15N3O2/c29-24(15-7-2-1-3-8-15)26-17-13-16-9-6-10-18-22(16)19(14-17)25(30)28-21-12-5-4-11-20(21)27-23(18)28/h1-14H,(H,26,29). The van der Waals surface area contributed by atoms with Crippen LogP contribution in [0.3, 0.4) is 0 Å². The molecule has 0 atom stereocenters. The number of nitrogens with zero attached hydrogens (tertiary/aromatic N) is 2. The second-order valence-electron chi connectivity index (χ2n) is 7.31. The molecule has 0 saturated heterocycles. The van der Waals surface area contributed by atoms with Crippen LogP contribution in [-0.2, 0) is 0 Å². The highest BCUT2D eigenvalue weighted by atomic mass is 16.1. The molecule has 1 N–H and O–H groups in total. The van der Waals surface area contributed by atoms with E-state index in [2.05, 4.69) is 5.32 Å². The first-order valence-corrected chi connectivity index (χ1v) is 9.66. The van der Waals surface area contributed by atoms with Gasteiger partial charge in [-0.25, -0.2) is 4.98 Å². The van der Waals surface area contributed by atoms with Crippen molar-refractivity contribution in [2.24, 2.45) is 0 Å². The lowest BCUT2D eigenvalue weighted by molar-refractivity contribution is 0.102. The van der Waals surface area contributed by atoms with Crippen molar-refractivity contribution in [3.63, 3.8) is 0 Å². The van der Waals surface area contributed by atoms with E-state index in [1.165, 1.54) is 0 Å². The van der Waals surface area contributed by atoms with Crippen molar-refractivity contribution in [1.29, 1.82) is 0 Å². The number of imidazole rings is 1. The Kier molecular flexibility index (Phi) is 3.40. The highest BCUT2D eigenvalue weighted by Gasteiger charge is 2.17. The summed E-state index contributed by atoms with van der Waals surface area (Å²) in [4.78, 5) is 30.8. The fourth-order valence-corrected chi connectivity index (χ4v) is 4.18. The van der Waals surface area contributed by atoms with Gasteiger partial charge in [-0.05, 0) is 41.8 Å². The maximum absolute atomic E-state index is 13.5. The highest BCUT2D eigenvalue weighted by molar-refractivity contribution is 6.17. The van der Waals surface area contributed by atoms with Crippen LogP contribution in [0.2, 0.25) is 0 Å². The smallest absolute Gasteiger partial charge is 0.264 e. The second kappa shape index (κ2) is 6.12. The van der Waals surface area contributed by atoms with Gasteiger partial charge in [0.05, 0.1) is 16.4 Å². The molecular weight excluding hydrogens is 374 g/mol. The number of nitrogens with one attached hydrogen (secondary N) is 1. The minimum absolute atomic E-state index is 0.141. The number of benzene rings is 4. The Bertz CT molecular complexity index is 1650. The Morgan fingerprint density at radius 3 is 2.50 bits per heavy atom. The van der Waals surface area contributed by atoms with Gasteiger partial charge in [0.1, 0.15) is 5.65 Å². The van der Waals surface area contributed by atoms with Crippen LogP contribution < -0.4 is 10.9 Å². The summed E-state index contributed by atoms with van der Waals surface area (Å²) in [5.74, 6) is -0.213. The first-order valence-electron chi connectivity index (χ1n) is 9.66. The molecular formula is C25H15N3O2. The number of hydrogen-bond donors (Lipinski definition) is 1. The average molecular weight is 389 g/mol. The third-order valence-electron chi connectivity index (χ3n) is 5.51. The number of carbonyl (C=O) groups is 1. The molecule has 0 aliphatic rings. The van der Waals surface area contributed by atoms with Gasteiger partial charge in [0.25, 0.3) is 11.5 Å². The van der Waals surface area contributed by atoms with Crippen LogP contribution in [0.5, 0.6) is 0 Å². The molecule has 4 aromatic carbocycles. The van der Waals surface area contributed by atoms with Crippen molar-refractivity contribution < 1.29 is 4.79 Å². The number of rotatable bonds is 2. The molecule has 5 heteroatoms. The third kappa shape index (κ3) is 2.32. The Morgan fingerprint density at radius 1 is 0.833 bits per heavy atom. The molecule has 0 unspecified atom stereocenters. The van der Waals surface area contributed by atoms with Crippen molar-refractivity contribution in [3.8, 4) is 0 Å². The van der Waals surface area contributed by atoms with Crippen LogP contribution in [0.15, 0.2) is 89.7 Å². The maximum atomic E-state index is 13.5. The third-order valence-corrected chi connectivity index (χ3v) is 5.51. The molecule has 0 saturated carbocycles. The Labute approximate surface area is 170 Å². The molecule has 1 amide bonds. The topological polar surface area (TPSA) is 63.5 Å². The number of carbonyl (C=O) groups excluding carboxylic acids is 1. The van der Waals surface area contributed by atoms with Crippen LogP contribution >= 0.6 is 0 Å². The largest absolute Gasteiger partial charge is 0.322 e. The van der Waals surface area contributed by atoms with E-state index < -0.39 is 0 Å². The zero-order chi connectivity index (χ0) is 20.2. The molecule has 5 nitrogen and oxygen atoms in total. The highest BCUT2D eigenvalue weighted by Crippen LogP contribution is 2.32. The molecule has 0 spiro atoms. The van der Waals surface area contributed by atoms with Gasteiger partial charge in [-0.1, -0.05) is 48.5 Å². The molecule has 0 bridgehead atoms. The van der Waals surface area contributed by atoms with Gasteiger partial charge in [-0.3, -0.25) is 14.0 Å². The van der Waals surface area contributed by atoms with E-state index in [4.69, 9.17) is 4.98 Å². The van der Waals surface area contributed by atoms with Crippen LogP contribution in [-0.4, -0.2) is 15.3 Å². The second-order valence-corrected chi connectivity index (χ2v) is 7.31. The summed E-state index contributed by atoms with van der Waals surface area (Å²) in [5, 5.41) is 6.15. The first kappa shape index (κ1) is 16.7. The Morgan fingerprint density at radius 2 is 1.63 bits per heavy atom. The molecule has 142 valence electrons. The minimum Gasteiger partial charge on any atom is -0.322 e. The normalized spacial score (nSPS) is 11.6. The van der Waals surface area contributed by atoms with Gasteiger partial charge in [0.15, 0.2) is 0 Å². The molecule has 0 aliphatic carbocycles. The lowest BCUT2D eigenvalue weighted by Crippen LogP contribution is -2.15. The summed E-state index contributed by atoms with van der Waals surface area (Å²) in [7, 11) is 0.